The first-order valence-electron chi connectivity index (χ1n) is 10.4. The van der Waals surface area contributed by atoms with Gasteiger partial charge in [-0.05, 0) is 31.9 Å². The highest BCUT2D eigenvalue weighted by Gasteiger charge is 2.22. The van der Waals surface area contributed by atoms with E-state index in [9.17, 15) is 0 Å². The van der Waals surface area contributed by atoms with Gasteiger partial charge < -0.3 is 19.4 Å². The van der Waals surface area contributed by atoms with E-state index in [2.05, 4.69) is 53.7 Å². The van der Waals surface area contributed by atoms with Gasteiger partial charge in [0, 0.05) is 51.0 Å². The Labute approximate surface area is 169 Å². The van der Waals surface area contributed by atoms with E-state index in [0.29, 0.717) is 0 Å². The molecule has 2 aromatic rings. The first-order chi connectivity index (χ1) is 13.7. The predicted octanol–water partition coefficient (Wildman–Crippen LogP) is 3.75. The van der Waals surface area contributed by atoms with Crippen molar-refractivity contribution in [1.82, 2.24) is 9.97 Å². The molecule has 6 heteroatoms. The molecule has 0 unspecified atom stereocenters. The summed E-state index contributed by atoms with van der Waals surface area (Å²) in [4.78, 5) is 16.7. The predicted molar refractivity (Wildman–Crippen MR) is 117 cm³/mol. The Morgan fingerprint density at radius 1 is 0.964 bits per heavy atom. The third kappa shape index (κ3) is 4.66. The van der Waals surface area contributed by atoms with Crippen LogP contribution in [0, 0.1) is 6.92 Å². The van der Waals surface area contributed by atoms with Crippen LogP contribution < -0.4 is 19.4 Å². The molecule has 0 saturated carbocycles. The second-order valence-corrected chi connectivity index (χ2v) is 7.30. The number of methoxy groups -OCH3 is 1. The van der Waals surface area contributed by atoms with Crippen molar-refractivity contribution in [2.45, 2.75) is 33.6 Å². The minimum Gasteiger partial charge on any atom is -0.495 e. The highest BCUT2D eigenvalue weighted by Crippen LogP contribution is 2.29. The number of rotatable bonds is 8. The molecule has 6 nitrogen and oxygen atoms in total. The molecule has 0 radical (unpaired) electrons. The first-order valence-corrected chi connectivity index (χ1v) is 10.4. The van der Waals surface area contributed by atoms with Crippen LogP contribution in [0.1, 0.15) is 32.4 Å². The highest BCUT2D eigenvalue weighted by atomic mass is 16.5. The Hall–Kier alpha value is -2.50. The first kappa shape index (κ1) is 20.2. The number of para-hydroxylation sites is 2. The van der Waals surface area contributed by atoms with E-state index in [1.165, 1.54) is 0 Å². The van der Waals surface area contributed by atoms with Gasteiger partial charge in [0.05, 0.1) is 12.8 Å². The fourth-order valence-electron chi connectivity index (χ4n) is 3.76. The van der Waals surface area contributed by atoms with E-state index in [1.807, 2.05) is 12.1 Å². The molecule has 1 aliphatic rings. The highest BCUT2D eigenvalue weighted by molar-refractivity contribution is 5.59. The molecule has 0 aliphatic carbocycles. The Morgan fingerprint density at radius 2 is 1.61 bits per heavy atom. The average molecular weight is 384 g/mol. The SMILES string of the molecule is CCCN(CCC)c1cc(C)nc(N2CCN(c3ccccc3OC)CC2)n1. The summed E-state index contributed by atoms with van der Waals surface area (Å²) in [5, 5.41) is 0. The Morgan fingerprint density at radius 3 is 2.25 bits per heavy atom. The van der Waals surface area contributed by atoms with Crippen molar-refractivity contribution in [1.29, 1.82) is 0 Å². The van der Waals surface area contributed by atoms with Crippen LogP contribution in [0.5, 0.6) is 5.75 Å². The summed E-state index contributed by atoms with van der Waals surface area (Å²) in [6, 6.07) is 10.3. The van der Waals surface area contributed by atoms with Gasteiger partial charge in [0.15, 0.2) is 0 Å². The van der Waals surface area contributed by atoms with Crippen LogP contribution in [-0.2, 0) is 0 Å². The van der Waals surface area contributed by atoms with Gasteiger partial charge in [0.2, 0.25) is 5.95 Å². The number of ether oxygens (including phenoxy) is 1. The molecule has 0 atom stereocenters. The van der Waals surface area contributed by atoms with Crippen LogP contribution >= 0.6 is 0 Å². The molecular weight excluding hydrogens is 350 g/mol. The zero-order valence-electron chi connectivity index (χ0n) is 17.7. The van der Waals surface area contributed by atoms with Crippen molar-refractivity contribution in [3.8, 4) is 5.75 Å². The maximum absolute atomic E-state index is 5.53. The van der Waals surface area contributed by atoms with Gasteiger partial charge in [0.1, 0.15) is 11.6 Å². The van der Waals surface area contributed by atoms with Gasteiger partial charge in [0.25, 0.3) is 0 Å². The third-order valence-corrected chi connectivity index (χ3v) is 5.13. The van der Waals surface area contributed by atoms with E-state index < -0.39 is 0 Å². The molecule has 1 aromatic carbocycles. The quantitative estimate of drug-likeness (QED) is 0.692. The maximum atomic E-state index is 5.53. The van der Waals surface area contributed by atoms with Crippen LogP contribution in [0.25, 0.3) is 0 Å². The lowest BCUT2D eigenvalue weighted by molar-refractivity contribution is 0.413. The maximum Gasteiger partial charge on any atom is 0.227 e. The number of piperazine rings is 1. The van der Waals surface area contributed by atoms with Crippen molar-refractivity contribution >= 4 is 17.5 Å². The zero-order chi connectivity index (χ0) is 19.9. The van der Waals surface area contributed by atoms with Crippen molar-refractivity contribution in [3.05, 3.63) is 36.0 Å². The monoisotopic (exact) mass is 383 g/mol. The van der Waals surface area contributed by atoms with Gasteiger partial charge in [-0.2, -0.15) is 4.98 Å². The van der Waals surface area contributed by atoms with Gasteiger partial charge in [-0.3, -0.25) is 0 Å². The molecule has 1 aliphatic heterocycles. The largest absolute Gasteiger partial charge is 0.495 e. The van der Waals surface area contributed by atoms with E-state index in [4.69, 9.17) is 14.7 Å². The van der Waals surface area contributed by atoms with Gasteiger partial charge in [-0.1, -0.05) is 26.0 Å². The van der Waals surface area contributed by atoms with Crippen molar-refractivity contribution < 1.29 is 4.74 Å². The zero-order valence-corrected chi connectivity index (χ0v) is 17.7. The summed E-state index contributed by atoms with van der Waals surface area (Å²) in [5.74, 6) is 2.84. The molecule has 1 aromatic heterocycles. The molecule has 28 heavy (non-hydrogen) atoms. The van der Waals surface area contributed by atoms with Crippen LogP contribution in [-0.4, -0.2) is 56.3 Å². The molecule has 0 spiro atoms. The normalized spacial score (nSPS) is 14.3. The van der Waals surface area contributed by atoms with Crippen molar-refractivity contribution in [3.63, 3.8) is 0 Å². The number of aromatic nitrogens is 2. The molecule has 0 N–H and O–H groups in total. The van der Waals surface area contributed by atoms with Crippen molar-refractivity contribution in [2.75, 3.05) is 61.1 Å². The van der Waals surface area contributed by atoms with Crippen LogP contribution in [0.3, 0.4) is 0 Å². The molecule has 0 bridgehead atoms. The second kappa shape index (κ2) is 9.62. The number of hydrogen-bond donors (Lipinski definition) is 0. The fourth-order valence-corrected chi connectivity index (χ4v) is 3.76. The minimum atomic E-state index is 0.854. The van der Waals surface area contributed by atoms with Crippen LogP contribution in [0.15, 0.2) is 30.3 Å². The average Bonchev–Trinajstić information content (AvgIpc) is 2.73. The summed E-state index contributed by atoms with van der Waals surface area (Å²) < 4.78 is 5.53. The Balaban J connectivity index is 1.73. The molecule has 1 fully saturated rings. The minimum absolute atomic E-state index is 0.854. The summed E-state index contributed by atoms with van der Waals surface area (Å²) in [6.45, 7) is 12.2. The number of hydrogen-bond acceptors (Lipinski definition) is 6. The standard InChI is InChI=1S/C22H33N5O/c1-5-11-26(12-6-2)21-17-18(3)23-22(24-21)27-15-13-25(14-16-27)19-9-7-8-10-20(19)28-4/h7-10,17H,5-6,11-16H2,1-4H3. The molecule has 152 valence electrons. The lowest BCUT2D eigenvalue weighted by atomic mass is 10.2. The smallest absolute Gasteiger partial charge is 0.227 e. The topological polar surface area (TPSA) is 44.7 Å². The van der Waals surface area contributed by atoms with E-state index >= 15 is 0 Å². The third-order valence-electron chi connectivity index (χ3n) is 5.13. The molecular formula is C22H33N5O. The number of benzene rings is 1. The lowest BCUT2D eigenvalue weighted by Crippen LogP contribution is -2.47. The Kier molecular flexibility index (Phi) is 6.95. The van der Waals surface area contributed by atoms with Gasteiger partial charge in [-0.25, -0.2) is 4.98 Å². The summed E-state index contributed by atoms with van der Waals surface area (Å²) in [7, 11) is 1.73. The second-order valence-electron chi connectivity index (χ2n) is 7.30. The molecule has 0 amide bonds. The molecule has 1 saturated heterocycles. The van der Waals surface area contributed by atoms with Gasteiger partial charge >= 0.3 is 0 Å². The van der Waals surface area contributed by atoms with Crippen LogP contribution in [0.4, 0.5) is 17.5 Å². The summed E-state index contributed by atoms with van der Waals surface area (Å²) >= 11 is 0. The van der Waals surface area contributed by atoms with E-state index in [1.54, 1.807) is 7.11 Å². The number of aryl methyl sites for hydroxylation is 1. The van der Waals surface area contributed by atoms with Crippen LogP contribution in [0.2, 0.25) is 0 Å². The van der Waals surface area contributed by atoms with E-state index in [-0.39, 0.29) is 0 Å². The molecule has 2 heterocycles. The van der Waals surface area contributed by atoms with Crippen molar-refractivity contribution in [2.24, 2.45) is 0 Å². The van der Waals surface area contributed by atoms with Gasteiger partial charge in [-0.15, -0.1) is 0 Å². The van der Waals surface area contributed by atoms with E-state index in [0.717, 1.165) is 81.0 Å². The Bertz CT molecular complexity index is 752. The lowest BCUT2D eigenvalue weighted by Gasteiger charge is -2.37. The number of nitrogens with zero attached hydrogens (tertiary/aromatic N) is 5. The number of anilines is 3. The summed E-state index contributed by atoms with van der Waals surface area (Å²) in [5.41, 5.74) is 2.19. The summed E-state index contributed by atoms with van der Waals surface area (Å²) in [6.07, 6.45) is 2.24. The molecule has 3 rings (SSSR count). The fraction of sp³-hybridized carbons (Fsp3) is 0.545.